The fraction of sp³-hybridized carbons (Fsp3) is 0.0769. The van der Waals surface area contributed by atoms with E-state index in [4.69, 9.17) is 0 Å². The average molecular weight is 861 g/mol. The molecule has 0 nitrogen and oxygen atoms in total. The molecule has 2 radical (unpaired) electrons. The number of aryl methyl sites for hydroxylation is 4. The molecule has 0 spiro atoms. The number of halogens is 2. The summed E-state index contributed by atoms with van der Waals surface area (Å²) in [6, 6.07) is 58.2. The Hall–Kier alpha value is -4.30. The van der Waals surface area contributed by atoms with Gasteiger partial charge in [-0.05, 0) is 92.3 Å². The number of rotatable bonds is 2. The van der Waals surface area contributed by atoms with Crippen molar-refractivity contribution in [2.24, 2.45) is 0 Å². The maximum atomic E-state index is 3.06. The van der Waals surface area contributed by atoms with E-state index in [2.05, 4.69) is 192 Å². The van der Waals surface area contributed by atoms with E-state index >= 15 is 0 Å². The third-order valence-corrected chi connectivity index (χ3v) is 10.3. The second-order valence-electron chi connectivity index (χ2n) is 14.1. The zero-order chi connectivity index (χ0) is 35.9. The Bertz CT molecular complexity index is 2750. The molecule has 0 amide bonds. The Labute approximate surface area is 361 Å². The third-order valence-electron chi connectivity index (χ3n) is 10.3. The summed E-state index contributed by atoms with van der Waals surface area (Å²) in [4.78, 5) is 0. The SMILES string of the molecule is Cc1cc(-c2cccc3cc4ccccc4cc23)c2cc(C)[cH-]c2c1.Cc1cc(-c2cccc3cc4ccccc4cc23)c2cc(C)[cH-]c2c1.Cl.Cl.[CH3-].[CH3-].[Si]=[Zr]. The van der Waals surface area contributed by atoms with Crippen molar-refractivity contribution in [3.05, 3.63) is 195 Å². The van der Waals surface area contributed by atoms with Crippen LogP contribution in [0, 0.1) is 42.5 Å². The molecule has 10 aromatic carbocycles. The van der Waals surface area contributed by atoms with Gasteiger partial charge in [0, 0.05) is 0 Å². The second kappa shape index (κ2) is 18.8. The summed E-state index contributed by atoms with van der Waals surface area (Å²) in [7, 11) is 0. The number of hydrogen-bond donors (Lipinski definition) is 0. The van der Waals surface area contributed by atoms with Gasteiger partial charge in [-0.15, -0.1) is 81.8 Å². The van der Waals surface area contributed by atoms with Crippen LogP contribution in [0.2, 0.25) is 0 Å². The van der Waals surface area contributed by atoms with Crippen LogP contribution < -0.4 is 0 Å². The van der Waals surface area contributed by atoms with Gasteiger partial charge in [0.05, 0.1) is 0 Å². The van der Waals surface area contributed by atoms with Crippen molar-refractivity contribution in [3.63, 3.8) is 0 Å². The molecule has 0 saturated carbocycles. The topological polar surface area (TPSA) is 0 Å². The summed E-state index contributed by atoms with van der Waals surface area (Å²) in [6.45, 7) is 11.8. The second-order valence-corrected chi connectivity index (χ2v) is 14.1. The van der Waals surface area contributed by atoms with E-state index in [1.54, 1.807) is 0 Å². The van der Waals surface area contributed by atoms with Gasteiger partial charge in [0.25, 0.3) is 0 Å². The van der Waals surface area contributed by atoms with Gasteiger partial charge in [-0.25, -0.2) is 0 Å². The maximum absolute atomic E-state index is 3.06. The van der Waals surface area contributed by atoms with Gasteiger partial charge >= 0.3 is 30.2 Å². The molecule has 0 aliphatic heterocycles. The summed E-state index contributed by atoms with van der Waals surface area (Å²) >= 11 is 1.36. The molecule has 280 valence electrons. The first-order valence-electron chi connectivity index (χ1n) is 17.8. The summed E-state index contributed by atoms with van der Waals surface area (Å²) < 4.78 is 0. The fourth-order valence-corrected chi connectivity index (χ4v) is 8.09. The molecular formula is C52H46Cl2SiZr-4. The molecule has 0 aliphatic rings. The summed E-state index contributed by atoms with van der Waals surface area (Å²) in [6.07, 6.45) is 0. The Balaban J connectivity index is 0.000000223. The molecule has 0 atom stereocenters. The first kappa shape index (κ1) is 44.4. The molecule has 10 aromatic rings. The van der Waals surface area contributed by atoms with E-state index in [0.29, 0.717) is 0 Å². The van der Waals surface area contributed by atoms with Gasteiger partial charge in [-0.2, -0.15) is 12.1 Å². The zero-order valence-electron chi connectivity index (χ0n) is 32.8. The summed E-state index contributed by atoms with van der Waals surface area (Å²) in [5.74, 6) is 0. The van der Waals surface area contributed by atoms with Crippen LogP contribution in [-0.4, -0.2) is 6.88 Å². The first-order chi connectivity index (χ1) is 25.4. The van der Waals surface area contributed by atoms with Gasteiger partial charge in [0.1, 0.15) is 0 Å². The molecule has 4 heteroatoms. The van der Waals surface area contributed by atoms with Crippen molar-refractivity contribution in [1.29, 1.82) is 0 Å². The molecule has 0 aliphatic carbocycles. The molecule has 0 fully saturated rings. The number of hydrogen-bond acceptors (Lipinski definition) is 0. The summed E-state index contributed by atoms with van der Waals surface area (Å²) in [5.41, 5.74) is 10.6. The van der Waals surface area contributed by atoms with Gasteiger partial charge in [-0.1, -0.05) is 133 Å². The molecule has 0 aromatic heterocycles. The van der Waals surface area contributed by atoms with Crippen molar-refractivity contribution in [2.45, 2.75) is 27.7 Å². The minimum absolute atomic E-state index is 0. The van der Waals surface area contributed by atoms with Crippen LogP contribution in [0.25, 0.3) is 86.9 Å². The third kappa shape index (κ3) is 8.51. The zero-order valence-corrected chi connectivity index (χ0v) is 37.9. The van der Waals surface area contributed by atoms with Crippen LogP contribution >= 0.6 is 24.8 Å². The molecule has 0 saturated heterocycles. The minimum atomic E-state index is 0. The quantitative estimate of drug-likeness (QED) is 0.0923. The Morgan fingerprint density at radius 3 is 1.07 bits per heavy atom. The molecule has 10 rings (SSSR count). The van der Waals surface area contributed by atoms with Crippen LogP contribution in [0.5, 0.6) is 0 Å². The van der Waals surface area contributed by atoms with Gasteiger partial charge in [-0.3, -0.25) is 0 Å². The number of fused-ring (bicyclic) bond motifs is 6. The molecule has 56 heavy (non-hydrogen) atoms. The normalized spacial score (nSPS) is 10.4. The average Bonchev–Trinajstić information content (AvgIpc) is 3.73. The predicted molar refractivity (Wildman–Crippen MR) is 252 cm³/mol. The molecule has 0 bridgehead atoms. The van der Waals surface area contributed by atoms with Crippen LogP contribution in [-0.2, 0) is 23.3 Å². The van der Waals surface area contributed by atoms with Crippen molar-refractivity contribution in [3.8, 4) is 22.3 Å². The number of benzene rings is 8. The van der Waals surface area contributed by atoms with E-state index in [1.807, 2.05) is 0 Å². The van der Waals surface area contributed by atoms with Gasteiger partial charge < -0.3 is 14.9 Å². The monoisotopic (exact) mass is 858 g/mol. The van der Waals surface area contributed by atoms with E-state index in [-0.39, 0.29) is 39.7 Å². The summed E-state index contributed by atoms with van der Waals surface area (Å²) in [5, 5.41) is 15.8. The molecular weight excluding hydrogens is 815 g/mol. The Kier molecular flexibility index (Phi) is 14.9. The van der Waals surface area contributed by atoms with Crippen molar-refractivity contribution >= 4 is 96.3 Å². The van der Waals surface area contributed by atoms with Crippen molar-refractivity contribution < 1.29 is 23.3 Å². The molecule has 0 N–H and O–H groups in total. The van der Waals surface area contributed by atoms with Crippen molar-refractivity contribution in [1.82, 2.24) is 0 Å². The van der Waals surface area contributed by atoms with Crippen LogP contribution in [0.15, 0.2) is 158 Å². The van der Waals surface area contributed by atoms with Crippen molar-refractivity contribution in [2.75, 3.05) is 0 Å². The van der Waals surface area contributed by atoms with E-state index in [1.165, 1.54) is 132 Å². The van der Waals surface area contributed by atoms with E-state index in [0.717, 1.165) is 0 Å². The first-order valence-corrected chi connectivity index (χ1v) is 22.0. The van der Waals surface area contributed by atoms with Gasteiger partial charge in [0.15, 0.2) is 0 Å². The Morgan fingerprint density at radius 2 is 0.696 bits per heavy atom. The Morgan fingerprint density at radius 1 is 0.357 bits per heavy atom. The van der Waals surface area contributed by atoms with Crippen LogP contribution in [0.3, 0.4) is 0 Å². The van der Waals surface area contributed by atoms with Gasteiger partial charge in [0.2, 0.25) is 0 Å². The predicted octanol–water partition coefficient (Wildman–Crippen LogP) is 15.7. The van der Waals surface area contributed by atoms with E-state index < -0.39 is 0 Å². The molecule has 0 heterocycles. The fourth-order valence-electron chi connectivity index (χ4n) is 8.09. The molecule has 0 unspecified atom stereocenters. The van der Waals surface area contributed by atoms with Crippen LogP contribution in [0.1, 0.15) is 22.3 Å². The standard InChI is InChI=1S/2C25H19.2CH3.2ClH.Si.Zr/c2*1-16-10-21-11-17(2)13-25(23(21)12-16)22-9-5-8-20-14-18-6-3-4-7-19(18)15-24(20)22;;;;;;/h2*3-15H,1-2H3;2*1H3;2*1H;;/q4*-1;;;;. The van der Waals surface area contributed by atoms with E-state index in [9.17, 15) is 0 Å². The van der Waals surface area contributed by atoms with Crippen LogP contribution in [0.4, 0.5) is 0 Å².